The van der Waals surface area contributed by atoms with Gasteiger partial charge >= 0.3 is 5.97 Å². The molecule has 7 nitrogen and oxygen atoms in total. The van der Waals surface area contributed by atoms with Crippen molar-refractivity contribution in [2.75, 3.05) is 18.5 Å². The van der Waals surface area contributed by atoms with Gasteiger partial charge in [-0.3, -0.25) is 0 Å². The Kier molecular flexibility index (Phi) is 6.49. The van der Waals surface area contributed by atoms with Crippen molar-refractivity contribution in [1.82, 2.24) is 9.55 Å². The summed E-state index contributed by atoms with van der Waals surface area (Å²) in [5, 5.41) is 12.4. The van der Waals surface area contributed by atoms with Crippen molar-refractivity contribution < 1.29 is 19.4 Å². The Morgan fingerprint density at radius 1 is 1.15 bits per heavy atom. The predicted octanol–water partition coefficient (Wildman–Crippen LogP) is 6.03. The number of carboxylic acids is 1. The van der Waals surface area contributed by atoms with E-state index in [2.05, 4.69) is 30.7 Å². The maximum absolute atomic E-state index is 10.9. The van der Waals surface area contributed by atoms with Crippen LogP contribution in [0.15, 0.2) is 42.5 Å². The molecule has 33 heavy (non-hydrogen) atoms. The molecule has 2 aromatic carbocycles. The van der Waals surface area contributed by atoms with Crippen molar-refractivity contribution in [2.45, 2.75) is 53.0 Å². The highest BCUT2D eigenvalue weighted by Crippen LogP contribution is 2.46. The second-order valence-corrected chi connectivity index (χ2v) is 9.79. The van der Waals surface area contributed by atoms with Crippen molar-refractivity contribution >= 4 is 28.6 Å². The first-order valence-electron chi connectivity index (χ1n) is 11.6. The van der Waals surface area contributed by atoms with Gasteiger partial charge in [-0.25, -0.2) is 9.78 Å². The molecule has 2 atom stereocenters. The van der Waals surface area contributed by atoms with Gasteiger partial charge in [-0.2, -0.15) is 0 Å². The first-order chi connectivity index (χ1) is 15.7. The van der Waals surface area contributed by atoms with Gasteiger partial charge in [0.2, 0.25) is 5.95 Å². The molecule has 0 spiro atoms. The maximum atomic E-state index is 10.9. The number of ether oxygens (including phenoxy) is 2. The number of nitrogens with zero attached hydrogens (tertiary/aromatic N) is 2. The number of fused-ring (bicyclic) bond motifs is 1. The largest absolute Gasteiger partial charge is 0.494 e. The number of hydrogen-bond donors (Lipinski definition) is 2. The fraction of sp³-hybridized carbons (Fsp3) is 0.462. The quantitative estimate of drug-likeness (QED) is 0.435. The molecule has 1 saturated carbocycles. The standard InChI is InChI=1S/C26H33N3O4/c1-5-32-20-8-6-18(7-9-20)27-25-28-22-13-21(33-16-24(30)31)10-11-23(22)29(25)19-12-17(2)14-26(3,4)15-19/h6-11,13,17,19H,5,12,14-16H2,1-4H3,(H,27,28)(H,30,31)/t17-,19+/m1/s1. The van der Waals surface area contributed by atoms with E-state index in [1.54, 1.807) is 0 Å². The summed E-state index contributed by atoms with van der Waals surface area (Å²) in [5.41, 5.74) is 2.98. The third-order valence-corrected chi connectivity index (χ3v) is 6.17. The lowest BCUT2D eigenvalue weighted by molar-refractivity contribution is -0.139. The second-order valence-electron chi connectivity index (χ2n) is 9.79. The molecule has 1 aliphatic carbocycles. The Morgan fingerprint density at radius 3 is 2.55 bits per heavy atom. The van der Waals surface area contributed by atoms with E-state index in [1.807, 2.05) is 49.4 Å². The highest BCUT2D eigenvalue weighted by atomic mass is 16.5. The van der Waals surface area contributed by atoms with E-state index >= 15 is 0 Å². The van der Waals surface area contributed by atoms with Crippen LogP contribution in [0.3, 0.4) is 0 Å². The molecule has 7 heteroatoms. The molecule has 1 fully saturated rings. The van der Waals surface area contributed by atoms with Crippen LogP contribution in [0, 0.1) is 11.3 Å². The number of aromatic nitrogens is 2. The van der Waals surface area contributed by atoms with Gasteiger partial charge in [0.1, 0.15) is 11.5 Å². The Morgan fingerprint density at radius 2 is 1.88 bits per heavy atom. The van der Waals surface area contributed by atoms with Crippen LogP contribution in [-0.4, -0.2) is 33.8 Å². The van der Waals surface area contributed by atoms with Crippen LogP contribution in [0.4, 0.5) is 11.6 Å². The maximum Gasteiger partial charge on any atom is 0.341 e. The number of anilines is 2. The highest BCUT2D eigenvalue weighted by Gasteiger charge is 2.34. The van der Waals surface area contributed by atoms with E-state index in [0.717, 1.165) is 41.3 Å². The number of benzene rings is 2. The summed E-state index contributed by atoms with van der Waals surface area (Å²) >= 11 is 0. The van der Waals surface area contributed by atoms with Gasteiger partial charge in [0, 0.05) is 17.8 Å². The van der Waals surface area contributed by atoms with Crippen molar-refractivity contribution in [3.63, 3.8) is 0 Å². The molecule has 0 bridgehead atoms. The zero-order chi connectivity index (χ0) is 23.6. The molecule has 0 saturated heterocycles. The average Bonchev–Trinajstić information content (AvgIpc) is 3.09. The van der Waals surface area contributed by atoms with Crippen LogP contribution >= 0.6 is 0 Å². The molecule has 2 N–H and O–H groups in total. The molecule has 1 aromatic heterocycles. The van der Waals surface area contributed by atoms with Gasteiger partial charge in [0.05, 0.1) is 17.6 Å². The van der Waals surface area contributed by atoms with Crippen LogP contribution in [-0.2, 0) is 4.79 Å². The lowest BCUT2D eigenvalue weighted by atomic mass is 9.70. The lowest BCUT2D eigenvalue weighted by Gasteiger charge is -2.40. The lowest BCUT2D eigenvalue weighted by Crippen LogP contribution is -2.29. The normalized spacial score (nSPS) is 19.9. The van der Waals surface area contributed by atoms with Crippen LogP contribution in [0.1, 0.15) is 53.0 Å². The average molecular weight is 452 g/mol. The highest BCUT2D eigenvalue weighted by molar-refractivity contribution is 5.81. The van der Waals surface area contributed by atoms with Crippen LogP contribution in [0.25, 0.3) is 11.0 Å². The number of aliphatic carboxylic acids is 1. The van der Waals surface area contributed by atoms with Crippen LogP contribution in [0.2, 0.25) is 0 Å². The number of imidazole rings is 1. The van der Waals surface area contributed by atoms with E-state index in [1.165, 1.54) is 6.42 Å². The molecule has 1 heterocycles. The summed E-state index contributed by atoms with van der Waals surface area (Å²) < 4.78 is 13.3. The van der Waals surface area contributed by atoms with Gasteiger partial charge in [-0.05, 0) is 73.9 Å². The zero-order valence-corrected chi connectivity index (χ0v) is 19.8. The van der Waals surface area contributed by atoms with E-state index in [9.17, 15) is 4.79 Å². The number of rotatable bonds is 8. The van der Waals surface area contributed by atoms with Crippen molar-refractivity contribution in [2.24, 2.45) is 11.3 Å². The molecular weight excluding hydrogens is 418 g/mol. The molecule has 0 amide bonds. The summed E-state index contributed by atoms with van der Waals surface area (Å²) in [5.74, 6) is 1.73. The van der Waals surface area contributed by atoms with E-state index in [4.69, 9.17) is 19.6 Å². The summed E-state index contributed by atoms with van der Waals surface area (Å²) in [6.45, 7) is 9.22. The summed E-state index contributed by atoms with van der Waals surface area (Å²) in [4.78, 5) is 15.8. The molecule has 0 unspecified atom stereocenters. The van der Waals surface area contributed by atoms with Crippen LogP contribution < -0.4 is 14.8 Å². The van der Waals surface area contributed by atoms with Gasteiger partial charge in [-0.15, -0.1) is 0 Å². The fourth-order valence-corrected chi connectivity index (χ4v) is 5.19. The number of nitrogens with one attached hydrogen (secondary N) is 1. The molecule has 1 aliphatic rings. The summed E-state index contributed by atoms with van der Waals surface area (Å²) in [6.07, 6.45) is 3.37. The van der Waals surface area contributed by atoms with Gasteiger partial charge in [0.25, 0.3) is 0 Å². The Hall–Kier alpha value is -3.22. The van der Waals surface area contributed by atoms with Gasteiger partial charge < -0.3 is 24.5 Å². The summed E-state index contributed by atoms with van der Waals surface area (Å²) in [6, 6.07) is 13.8. The Bertz CT molecular complexity index is 1120. The fourth-order valence-electron chi connectivity index (χ4n) is 5.19. The predicted molar refractivity (Wildman–Crippen MR) is 130 cm³/mol. The topological polar surface area (TPSA) is 85.6 Å². The van der Waals surface area contributed by atoms with Crippen molar-refractivity contribution in [3.8, 4) is 11.5 Å². The number of hydrogen-bond acceptors (Lipinski definition) is 5. The second kappa shape index (κ2) is 9.33. The van der Waals surface area contributed by atoms with Gasteiger partial charge in [-0.1, -0.05) is 20.8 Å². The Balaban J connectivity index is 1.72. The first kappa shape index (κ1) is 23.0. The minimum absolute atomic E-state index is 0.250. The first-order valence-corrected chi connectivity index (χ1v) is 11.6. The molecule has 4 rings (SSSR count). The monoisotopic (exact) mass is 451 g/mol. The third kappa shape index (κ3) is 5.41. The smallest absolute Gasteiger partial charge is 0.341 e. The number of carbonyl (C=O) groups is 1. The third-order valence-electron chi connectivity index (χ3n) is 6.17. The molecule has 0 aliphatic heterocycles. The summed E-state index contributed by atoms with van der Waals surface area (Å²) in [7, 11) is 0. The van der Waals surface area contributed by atoms with Gasteiger partial charge in [0.15, 0.2) is 6.61 Å². The minimum Gasteiger partial charge on any atom is -0.494 e. The Labute approximate surface area is 194 Å². The van der Waals surface area contributed by atoms with Crippen molar-refractivity contribution in [1.29, 1.82) is 0 Å². The van der Waals surface area contributed by atoms with E-state index < -0.39 is 5.97 Å². The SMILES string of the molecule is CCOc1ccc(Nc2nc3cc(OCC(=O)O)ccc3n2[C@H]2C[C@@H](C)CC(C)(C)C2)cc1. The molecule has 176 valence electrons. The van der Waals surface area contributed by atoms with Crippen LogP contribution in [0.5, 0.6) is 11.5 Å². The van der Waals surface area contributed by atoms with E-state index in [-0.39, 0.29) is 12.0 Å². The zero-order valence-electron chi connectivity index (χ0n) is 19.8. The van der Waals surface area contributed by atoms with E-state index in [0.29, 0.717) is 24.3 Å². The number of carboxylic acid groups (broad SMARTS) is 1. The molecular formula is C26H33N3O4. The molecule has 0 radical (unpaired) electrons. The van der Waals surface area contributed by atoms with Crippen molar-refractivity contribution in [3.05, 3.63) is 42.5 Å². The minimum atomic E-state index is -1.00. The molecule has 3 aromatic rings.